The second-order valence-electron chi connectivity index (χ2n) is 3.67. The van der Waals surface area contributed by atoms with E-state index in [4.69, 9.17) is 11.6 Å². The van der Waals surface area contributed by atoms with Crippen molar-refractivity contribution < 1.29 is 9.53 Å². The monoisotopic (exact) mass is 259 g/mol. The molecule has 94 valence electrons. The smallest absolute Gasteiger partial charge is 0.325 e. The van der Waals surface area contributed by atoms with Crippen LogP contribution < -0.4 is 10.5 Å². The summed E-state index contributed by atoms with van der Waals surface area (Å²) in [4.78, 5) is 30.6. The first-order valence-corrected chi connectivity index (χ1v) is 5.41. The van der Waals surface area contributed by atoms with E-state index in [2.05, 4.69) is 14.7 Å². The Morgan fingerprint density at radius 1 is 1.65 bits per heavy atom. The molecule has 0 fully saturated rings. The van der Waals surface area contributed by atoms with Crippen molar-refractivity contribution in [3.05, 3.63) is 21.7 Å². The van der Waals surface area contributed by atoms with Gasteiger partial charge in [0.25, 0.3) is 5.56 Å². The fourth-order valence-corrected chi connectivity index (χ4v) is 1.49. The van der Waals surface area contributed by atoms with Gasteiger partial charge in [0.2, 0.25) is 0 Å². The second kappa shape index (κ2) is 5.67. The van der Waals surface area contributed by atoms with Gasteiger partial charge in [0.1, 0.15) is 11.6 Å². The highest BCUT2D eigenvalue weighted by Crippen LogP contribution is 2.20. The zero-order valence-corrected chi connectivity index (χ0v) is 10.6. The van der Waals surface area contributed by atoms with Crippen LogP contribution in [0.1, 0.15) is 13.8 Å². The molecule has 0 aliphatic carbocycles. The Morgan fingerprint density at radius 3 is 2.82 bits per heavy atom. The number of aromatic nitrogens is 2. The third kappa shape index (κ3) is 3.20. The number of hydrogen-bond acceptors (Lipinski definition) is 5. The largest absolute Gasteiger partial charge is 0.468 e. The van der Waals surface area contributed by atoms with Crippen molar-refractivity contribution in [2.45, 2.75) is 19.9 Å². The van der Waals surface area contributed by atoms with E-state index < -0.39 is 11.5 Å². The Bertz CT molecular complexity index is 458. The van der Waals surface area contributed by atoms with Gasteiger partial charge in [-0.1, -0.05) is 11.6 Å². The summed E-state index contributed by atoms with van der Waals surface area (Å²) in [6.45, 7) is 3.72. The Labute approximate surface area is 104 Å². The van der Waals surface area contributed by atoms with Gasteiger partial charge in [0.15, 0.2) is 5.82 Å². The summed E-state index contributed by atoms with van der Waals surface area (Å²) in [5.74, 6) is -0.146. The normalized spacial score (nSPS) is 10.4. The van der Waals surface area contributed by atoms with Gasteiger partial charge in [0.05, 0.1) is 13.4 Å². The SMILES string of the molecule is COC(=O)CN(c1nc[nH]c(=O)c1Cl)C(C)C. The minimum Gasteiger partial charge on any atom is -0.468 e. The van der Waals surface area contributed by atoms with Crippen LogP contribution in [0.15, 0.2) is 11.1 Å². The van der Waals surface area contributed by atoms with E-state index in [0.29, 0.717) is 0 Å². The molecular formula is C10H14ClN3O3. The van der Waals surface area contributed by atoms with Gasteiger partial charge in [-0.3, -0.25) is 9.59 Å². The molecule has 0 saturated heterocycles. The fraction of sp³-hybridized carbons (Fsp3) is 0.500. The minimum absolute atomic E-state index is 0.00958. The van der Waals surface area contributed by atoms with Crippen molar-refractivity contribution >= 4 is 23.4 Å². The van der Waals surface area contributed by atoms with Gasteiger partial charge in [-0.2, -0.15) is 0 Å². The first-order chi connectivity index (χ1) is 7.97. The lowest BCUT2D eigenvalue weighted by atomic mass is 10.3. The maximum absolute atomic E-state index is 11.4. The van der Waals surface area contributed by atoms with Gasteiger partial charge in [-0.15, -0.1) is 0 Å². The number of anilines is 1. The lowest BCUT2D eigenvalue weighted by Gasteiger charge is -2.26. The number of carbonyl (C=O) groups excluding carboxylic acids is 1. The van der Waals surface area contributed by atoms with Gasteiger partial charge < -0.3 is 14.6 Å². The average Bonchev–Trinajstić information content (AvgIpc) is 2.29. The molecule has 0 atom stereocenters. The van der Waals surface area contributed by atoms with Crippen LogP contribution in [0.4, 0.5) is 5.82 Å². The molecule has 1 N–H and O–H groups in total. The molecular weight excluding hydrogens is 246 g/mol. The van der Waals surface area contributed by atoms with Crippen LogP contribution in [-0.2, 0) is 9.53 Å². The molecule has 0 aliphatic heterocycles. The van der Waals surface area contributed by atoms with Crippen molar-refractivity contribution in [2.75, 3.05) is 18.6 Å². The zero-order valence-electron chi connectivity index (χ0n) is 9.86. The van der Waals surface area contributed by atoms with Crippen molar-refractivity contribution in [3.63, 3.8) is 0 Å². The molecule has 0 spiro atoms. The number of esters is 1. The quantitative estimate of drug-likeness (QED) is 0.810. The number of aromatic amines is 1. The van der Waals surface area contributed by atoms with E-state index in [1.807, 2.05) is 13.8 Å². The number of H-pyrrole nitrogens is 1. The predicted molar refractivity (Wildman–Crippen MR) is 64.4 cm³/mol. The summed E-state index contributed by atoms with van der Waals surface area (Å²) >= 11 is 5.86. The summed E-state index contributed by atoms with van der Waals surface area (Å²) in [7, 11) is 1.30. The van der Waals surface area contributed by atoms with Crippen LogP contribution in [0.3, 0.4) is 0 Å². The standard InChI is InChI=1S/C10H14ClN3O3/c1-6(2)14(4-7(15)17-3)9-8(11)10(16)13-5-12-9/h5-6H,4H2,1-3H3,(H,12,13,16). The van der Waals surface area contributed by atoms with Gasteiger partial charge in [-0.05, 0) is 13.8 Å². The second-order valence-corrected chi connectivity index (χ2v) is 4.04. The van der Waals surface area contributed by atoms with E-state index >= 15 is 0 Å². The molecule has 0 aliphatic rings. The number of nitrogens with one attached hydrogen (secondary N) is 1. The number of nitrogens with zero attached hydrogens (tertiary/aromatic N) is 2. The van der Waals surface area contributed by atoms with Crippen molar-refractivity contribution in [1.29, 1.82) is 0 Å². The molecule has 7 heteroatoms. The molecule has 0 aromatic carbocycles. The fourth-order valence-electron chi connectivity index (χ4n) is 1.28. The van der Waals surface area contributed by atoms with Crippen molar-refractivity contribution in [2.24, 2.45) is 0 Å². The van der Waals surface area contributed by atoms with Crippen LogP contribution in [0.25, 0.3) is 0 Å². The molecule has 0 saturated carbocycles. The van der Waals surface area contributed by atoms with E-state index in [-0.39, 0.29) is 23.4 Å². The topological polar surface area (TPSA) is 75.3 Å². The Kier molecular flexibility index (Phi) is 4.51. The summed E-state index contributed by atoms with van der Waals surface area (Å²) < 4.78 is 4.59. The number of ether oxygens (including phenoxy) is 1. The molecule has 1 heterocycles. The molecule has 6 nitrogen and oxygen atoms in total. The van der Waals surface area contributed by atoms with E-state index in [0.717, 1.165) is 0 Å². The maximum Gasteiger partial charge on any atom is 0.325 e. The number of rotatable bonds is 4. The molecule has 0 amide bonds. The first-order valence-electron chi connectivity index (χ1n) is 5.04. The highest BCUT2D eigenvalue weighted by molar-refractivity contribution is 6.32. The number of halogens is 1. The lowest BCUT2D eigenvalue weighted by Crippen LogP contribution is -2.38. The number of carbonyl (C=O) groups is 1. The predicted octanol–water partition coefficient (Wildman–Crippen LogP) is 0.811. The molecule has 1 rings (SSSR count). The summed E-state index contributed by atoms with van der Waals surface area (Å²) in [6.07, 6.45) is 1.25. The molecule has 0 unspecified atom stereocenters. The Hall–Kier alpha value is -1.56. The summed E-state index contributed by atoms with van der Waals surface area (Å²) in [6, 6.07) is -0.0408. The number of methoxy groups -OCH3 is 1. The first kappa shape index (κ1) is 13.5. The maximum atomic E-state index is 11.4. The summed E-state index contributed by atoms with van der Waals surface area (Å²) in [5, 5.41) is -0.0369. The third-order valence-corrected chi connectivity index (χ3v) is 2.54. The van der Waals surface area contributed by atoms with Crippen LogP contribution in [0.5, 0.6) is 0 Å². The van der Waals surface area contributed by atoms with E-state index in [1.54, 1.807) is 4.90 Å². The molecule has 17 heavy (non-hydrogen) atoms. The molecule has 1 aromatic heterocycles. The van der Waals surface area contributed by atoms with Crippen LogP contribution in [0.2, 0.25) is 5.02 Å². The molecule has 1 aromatic rings. The Balaban J connectivity index is 3.10. The van der Waals surface area contributed by atoms with E-state index in [1.165, 1.54) is 13.4 Å². The highest BCUT2D eigenvalue weighted by Gasteiger charge is 2.20. The summed E-state index contributed by atoms with van der Waals surface area (Å²) in [5.41, 5.74) is -0.438. The number of hydrogen-bond donors (Lipinski definition) is 1. The van der Waals surface area contributed by atoms with Gasteiger partial charge in [-0.25, -0.2) is 4.98 Å². The van der Waals surface area contributed by atoms with Crippen LogP contribution >= 0.6 is 11.6 Å². The Morgan fingerprint density at radius 2 is 2.29 bits per heavy atom. The lowest BCUT2D eigenvalue weighted by molar-refractivity contribution is -0.139. The minimum atomic E-state index is -0.438. The van der Waals surface area contributed by atoms with Gasteiger partial charge >= 0.3 is 5.97 Å². The van der Waals surface area contributed by atoms with Crippen LogP contribution in [-0.4, -0.2) is 35.6 Å². The highest BCUT2D eigenvalue weighted by atomic mass is 35.5. The van der Waals surface area contributed by atoms with E-state index in [9.17, 15) is 9.59 Å². The average molecular weight is 260 g/mol. The van der Waals surface area contributed by atoms with Crippen LogP contribution in [0, 0.1) is 0 Å². The third-order valence-electron chi connectivity index (χ3n) is 2.20. The van der Waals surface area contributed by atoms with Gasteiger partial charge in [0, 0.05) is 6.04 Å². The van der Waals surface area contributed by atoms with Crippen molar-refractivity contribution in [3.8, 4) is 0 Å². The zero-order chi connectivity index (χ0) is 13.0. The van der Waals surface area contributed by atoms with Crippen molar-refractivity contribution in [1.82, 2.24) is 9.97 Å². The molecule has 0 radical (unpaired) electrons. The molecule has 0 bridgehead atoms.